The van der Waals surface area contributed by atoms with Crippen LogP contribution in [0.3, 0.4) is 0 Å². The highest BCUT2D eigenvalue weighted by molar-refractivity contribution is 4.85. The van der Waals surface area contributed by atoms with Crippen molar-refractivity contribution in [3.05, 3.63) is 12.2 Å². The summed E-state index contributed by atoms with van der Waals surface area (Å²) in [5.41, 5.74) is 0. The standard InChI is InChI=1S/C13H25N5O/c1-2-4-18-13(14-12-15-18)11-17-6-3-5-16(7-8-17)9-10-19/h12,19H,2-11H2,1H3. The van der Waals surface area contributed by atoms with E-state index < -0.39 is 0 Å². The quantitative estimate of drug-likeness (QED) is 0.797. The average molecular weight is 267 g/mol. The minimum absolute atomic E-state index is 0.255. The van der Waals surface area contributed by atoms with Gasteiger partial charge in [-0.1, -0.05) is 6.92 Å². The summed E-state index contributed by atoms with van der Waals surface area (Å²) in [5, 5.41) is 13.3. The van der Waals surface area contributed by atoms with E-state index in [-0.39, 0.29) is 6.61 Å². The maximum atomic E-state index is 9.00. The number of aromatic nitrogens is 3. The second kappa shape index (κ2) is 7.57. The summed E-state index contributed by atoms with van der Waals surface area (Å²) in [6, 6.07) is 0. The second-order valence-corrected chi connectivity index (χ2v) is 5.09. The van der Waals surface area contributed by atoms with Crippen LogP contribution in [0.15, 0.2) is 6.33 Å². The molecular weight excluding hydrogens is 242 g/mol. The number of aliphatic hydroxyl groups is 1. The van der Waals surface area contributed by atoms with E-state index in [0.29, 0.717) is 0 Å². The van der Waals surface area contributed by atoms with Gasteiger partial charge in [-0.05, 0) is 25.9 Å². The summed E-state index contributed by atoms with van der Waals surface area (Å²) in [6.07, 6.45) is 3.89. The highest BCUT2D eigenvalue weighted by Gasteiger charge is 2.16. The average Bonchev–Trinajstić information content (AvgIpc) is 2.70. The summed E-state index contributed by atoms with van der Waals surface area (Å²) in [7, 11) is 0. The van der Waals surface area contributed by atoms with Gasteiger partial charge in [0, 0.05) is 26.2 Å². The van der Waals surface area contributed by atoms with Crippen LogP contribution in [-0.4, -0.2) is 69.0 Å². The number of aryl methyl sites for hydroxylation is 1. The molecular formula is C13H25N5O. The van der Waals surface area contributed by atoms with Gasteiger partial charge < -0.3 is 5.11 Å². The Labute approximate surface area is 115 Å². The Hall–Kier alpha value is -0.980. The third-order valence-corrected chi connectivity index (χ3v) is 3.59. The van der Waals surface area contributed by atoms with Crippen molar-refractivity contribution < 1.29 is 5.11 Å². The molecule has 108 valence electrons. The smallest absolute Gasteiger partial charge is 0.141 e. The Morgan fingerprint density at radius 1 is 1.16 bits per heavy atom. The maximum Gasteiger partial charge on any atom is 0.141 e. The number of rotatable bonds is 6. The van der Waals surface area contributed by atoms with Crippen LogP contribution in [0, 0.1) is 0 Å². The third-order valence-electron chi connectivity index (χ3n) is 3.59. The first-order valence-electron chi connectivity index (χ1n) is 7.25. The van der Waals surface area contributed by atoms with Gasteiger partial charge in [-0.2, -0.15) is 5.10 Å². The topological polar surface area (TPSA) is 57.4 Å². The number of hydrogen-bond acceptors (Lipinski definition) is 5. The second-order valence-electron chi connectivity index (χ2n) is 5.09. The molecule has 2 rings (SSSR count). The molecule has 0 atom stereocenters. The van der Waals surface area contributed by atoms with Gasteiger partial charge in [0.25, 0.3) is 0 Å². The lowest BCUT2D eigenvalue weighted by Gasteiger charge is -2.20. The number of aliphatic hydroxyl groups excluding tert-OH is 1. The van der Waals surface area contributed by atoms with Gasteiger partial charge in [-0.25, -0.2) is 9.67 Å². The van der Waals surface area contributed by atoms with Gasteiger partial charge in [-0.15, -0.1) is 0 Å². The van der Waals surface area contributed by atoms with Crippen molar-refractivity contribution in [1.82, 2.24) is 24.6 Å². The minimum Gasteiger partial charge on any atom is -0.395 e. The van der Waals surface area contributed by atoms with Crippen molar-refractivity contribution in [3.63, 3.8) is 0 Å². The molecule has 0 aromatic carbocycles. The summed E-state index contributed by atoms with van der Waals surface area (Å²) < 4.78 is 2.01. The first-order chi connectivity index (χ1) is 9.33. The van der Waals surface area contributed by atoms with Crippen molar-refractivity contribution in [3.8, 4) is 0 Å². The lowest BCUT2D eigenvalue weighted by molar-refractivity contribution is 0.195. The van der Waals surface area contributed by atoms with Crippen LogP contribution in [-0.2, 0) is 13.1 Å². The Kier molecular flexibility index (Phi) is 5.75. The Morgan fingerprint density at radius 3 is 2.74 bits per heavy atom. The zero-order valence-electron chi connectivity index (χ0n) is 11.8. The fraction of sp³-hybridized carbons (Fsp3) is 0.846. The molecule has 1 N–H and O–H groups in total. The largest absolute Gasteiger partial charge is 0.395 e. The van der Waals surface area contributed by atoms with Crippen LogP contribution in [0.2, 0.25) is 0 Å². The Morgan fingerprint density at radius 2 is 1.95 bits per heavy atom. The molecule has 1 fully saturated rings. The van der Waals surface area contributed by atoms with E-state index in [1.54, 1.807) is 6.33 Å². The predicted molar refractivity (Wildman–Crippen MR) is 73.7 cm³/mol. The van der Waals surface area contributed by atoms with Crippen LogP contribution >= 0.6 is 0 Å². The zero-order chi connectivity index (χ0) is 13.5. The molecule has 1 aromatic heterocycles. The Balaban J connectivity index is 1.86. The molecule has 6 heteroatoms. The predicted octanol–water partition coefficient (Wildman–Crippen LogP) is 0.188. The molecule has 1 aliphatic heterocycles. The molecule has 0 aliphatic carbocycles. The van der Waals surface area contributed by atoms with Crippen LogP contribution in [0.25, 0.3) is 0 Å². The molecule has 0 radical (unpaired) electrons. The van der Waals surface area contributed by atoms with Gasteiger partial charge in [0.1, 0.15) is 12.2 Å². The molecule has 1 aliphatic rings. The van der Waals surface area contributed by atoms with Gasteiger partial charge in [0.2, 0.25) is 0 Å². The molecule has 2 heterocycles. The highest BCUT2D eigenvalue weighted by Crippen LogP contribution is 2.07. The number of hydrogen-bond donors (Lipinski definition) is 1. The van der Waals surface area contributed by atoms with Crippen molar-refractivity contribution in [2.45, 2.75) is 32.9 Å². The van der Waals surface area contributed by atoms with Gasteiger partial charge in [0.15, 0.2) is 0 Å². The van der Waals surface area contributed by atoms with Crippen molar-refractivity contribution in [2.75, 3.05) is 39.3 Å². The number of β-amino-alcohol motifs (C(OH)–C–C–N with tert-alkyl or cyclic N) is 1. The van der Waals surface area contributed by atoms with E-state index in [9.17, 15) is 0 Å². The first kappa shape index (κ1) is 14.4. The number of nitrogens with zero attached hydrogens (tertiary/aromatic N) is 5. The monoisotopic (exact) mass is 267 g/mol. The molecule has 0 spiro atoms. The highest BCUT2D eigenvalue weighted by atomic mass is 16.3. The van der Waals surface area contributed by atoms with Crippen LogP contribution in [0.4, 0.5) is 0 Å². The summed E-state index contributed by atoms with van der Waals surface area (Å²) in [5.74, 6) is 1.07. The van der Waals surface area contributed by atoms with E-state index in [0.717, 1.165) is 64.5 Å². The van der Waals surface area contributed by atoms with Gasteiger partial charge in [0.05, 0.1) is 13.2 Å². The molecule has 0 amide bonds. The molecule has 1 saturated heterocycles. The summed E-state index contributed by atoms with van der Waals surface area (Å²) in [4.78, 5) is 9.14. The summed E-state index contributed by atoms with van der Waals surface area (Å²) >= 11 is 0. The van der Waals surface area contributed by atoms with Gasteiger partial charge in [-0.3, -0.25) is 9.80 Å². The van der Waals surface area contributed by atoms with E-state index in [1.807, 2.05) is 4.68 Å². The molecule has 6 nitrogen and oxygen atoms in total. The van der Waals surface area contributed by atoms with Crippen LogP contribution < -0.4 is 0 Å². The van der Waals surface area contributed by atoms with Crippen molar-refractivity contribution >= 4 is 0 Å². The van der Waals surface area contributed by atoms with E-state index in [1.165, 1.54) is 0 Å². The minimum atomic E-state index is 0.255. The van der Waals surface area contributed by atoms with Gasteiger partial charge >= 0.3 is 0 Å². The SMILES string of the molecule is CCCn1ncnc1CN1CCCN(CCO)CC1. The molecule has 1 aromatic rings. The zero-order valence-corrected chi connectivity index (χ0v) is 11.8. The fourth-order valence-corrected chi connectivity index (χ4v) is 2.56. The summed E-state index contributed by atoms with van der Waals surface area (Å²) in [6.45, 7) is 9.28. The van der Waals surface area contributed by atoms with Crippen LogP contribution in [0.5, 0.6) is 0 Å². The van der Waals surface area contributed by atoms with Crippen molar-refractivity contribution in [2.24, 2.45) is 0 Å². The molecule has 19 heavy (non-hydrogen) atoms. The lowest BCUT2D eigenvalue weighted by Crippen LogP contribution is -2.32. The maximum absolute atomic E-state index is 9.00. The van der Waals surface area contributed by atoms with E-state index in [2.05, 4.69) is 26.8 Å². The molecule has 0 saturated carbocycles. The molecule has 0 bridgehead atoms. The molecule has 0 unspecified atom stereocenters. The van der Waals surface area contributed by atoms with E-state index in [4.69, 9.17) is 5.11 Å². The first-order valence-corrected chi connectivity index (χ1v) is 7.25. The third kappa shape index (κ3) is 4.26. The van der Waals surface area contributed by atoms with Crippen molar-refractivity contribution in [1.29, 1.82) is 0 Å². The lowest BCUT2D eigenvalue weighted by atomic mass is 10.3. The normalized spacial score (nSPS) is 18.6. The fourth-order valence-electron chi connectivity index (χ4n) is 2.56. The van der Waals surface area contributed by atoms with Crippen LogP contribution in [0.1, 0.15) is 25.6 Å². The Bertz CT molecular complexity index is 368. The van der Waals surface area contributed by atoms with E-state index >= 15 is 0 Å².